The van der Waals surface area contributed by atoms with Crippen molar-refractivity contribution in [1.82, 2.24) is 5.32 Å². The van der Waals surface area contributed by atoms with Crippen molar-refractivity contribution in [2.75, 3.05) is 13.7 Å². The number of aliphatic hydroxyl groups is 1. The van der Waals surface area contributed by atoms with Crippen molar-refractivity contribution in [3.63, 3.8) is 0 Å². The summed E-state index contributed by atoms with van der Waals surface area (Å²) < 4.78 is 4.29. The highest BCUT2D eigenvalue weighted by atomic mass is 79.9. The minimum absolute atomic E-state index is 0.156. The average molecular weight is 321 g/mol. The largest absolute Gasteiger partial charge is 0.482 e. The number of hydrogen-bond donors (Lipinski definition) is 3. The predicted octanol–water partition coefficient (Wildman–Crippen LogP) is 1.80. The Kier molecular flexibility index (Phi) is 6.02. The molecule has 5 nitrogen and oxygen atoms in total. The molecule has 6 heteroatoms. The molecule has 0 unspecified atom stereocenters. The van der Waals surface area contributed by atoms with E-state index in [1.807, 2.05) is 0 Å². The number of amides is 1. The van der Waals surface area contributed by atoms with Gasteiger partial charge in [0, 0.05) is 17.2 Å². The molecule has 0 saturated heterocycles. The van der Waals surface area contributed by atoms with Gasteiger partial charge in [-0.15, -0.1) is 0 Å². The van der Waals surface area contributed by atoms with Gasteiger partial charge in [-0.05, 0) is 13.8 Å². The van der Waals surface area contributed by atoms with Gasteiger partial charge in [0.2, 0.25) is 5.91 Å². The number of carbonyl (C=O) groups is 1. The van der Waals surface area contributed by atoms with E-state index in [-0.39, 0.29) is 24.1 Å². The average Bonchev–Trinajstić information content (AvgIpc) is 2.26. The van der Waals surface area contributed by atoms with Crippen LogP contribution in [0.2, 0.25) is 0 Å². The van der Waals surface area contributed by atoms with Crippen LogP contribution in [0.25, 0.3) is 0 Å². The number of methoxy groups -OCH3 is 1. The minimum atomic E-state index is -0.723. The molecule has 0 aliphatic heterocycles. The van der Waals surface area contributed by atoms with E-state index in [4.69, 9.17) is 15.3 Å². The summed E-state index contributed by atoms with van der Waals surface area (Å²) >= 11 is 3.23. The van der Waals surface area contributed by atoms with Gasteiger partial charge in [-0.3, -0.25) is 10.1 Å². The zero-order chi connectivity index (χ0) is 14.6. The Hall–Kier alpha value is -0.880. The maximum Gasteiger partial charge on any atom is 0.242 e. The fourth-order valence-corrected chi connectivity index (χ4v) is 0.917. The van der Waals surface area contributed by atoms with Gasteiger partial charge in [-0.25, -0.2) is 0 Å². The number of nitrogens with one attached hydrogen (secondary N) is 2. The Balaban J connectivity index is 4.91. The van der Waals surface area contributed by atoms with E-state index < -0.39 is 9.74 Å². The molecule has 3 N–H and O–H groups in total. The zero-order valence-corrected chi connectivity index (χ0v) is 13.0. The Labute approximate surface area is 116 Å². The third-order valence-corrected chi connectivity index (χ3v) is 2.76. The summed E-state index contributed by atoms with van der Waals surface area (Å²) in [5.74, 6) is -0.0933. The molecule has 0 aliphatic rings. The number of hydrogen-bond acceptors (Lipinski definition) is 4. The summed E-state index contributed by atoms with van der Waals surface area (Å²) in [7, 11) is 1.41. The highest BCUT2D eigenvalue weighted by molar-refractivity contribution is 9.10. The molecule has 18 heavy (non-hydrogen) atoms. The van der Waals surface area contributed by atoms with Crippen LogP contribution < -0.4 is 5.32 Å². The lowest BCUT2D eigenvalue weighted by Crippen LogP contribution is -2.38. The number of halogens is 1. The number of rotatable bonds is 6. The number of alkyl halides is 1. The number of allylic oxidation sites excluding steroid dienone is 1. The van der Waals surface area contributed by atoms with Gasteiger partial charge >= 0.3 is 0 Å². The zero-order valence-electron chi connectivity index (χ0n) is 11.4. The molecule has 0 heterocycles. The highest BCUT2D eigenvalue weighted by Gasteiger charge is 2.26. The Morgan fingerprint density at radius 2 is 1.94 bits per heavy atom. The summed E-state index contributed by atoms with van der Waals surface area (Å²) in [6.45, 7) is 6.72. The number of carbonyl (C=O) groups excluding carboxylic acids is 1. The third-order valence-electron chi connectivity index (χ3n) is 2.40. The van der Waals surface area contributed by atoms with Gasteiger partial charge in [0.05, 0.1) is 18.0 Å². The summed E-state index contributed by atoms with van der Waals surface area (Å²) in [4.78, 5) is 11.7. The molecule has 104 valence electrons. The van der Waals surface area contributed by atoms with Gasteiger partial charge in [0.25, 0.3) is 0 Å². The SMILES string of the molecule is CO/C(=C\C(=N)C(C)(C)CO)NC(=O)C(C)(C)Br. The van der Waals surface area contributed by atoms with Crippen molar-refractivity contribution in [3.05, 3.63) is 12.0 Å². The van der Waals surface area contributed by atoms with Crippen LogP contribution in [0, 0.1) is 10.8 Å². The Morgan fingerprint density at radius 1 is 1.44 bits per heavy atom. The second kappa shape index (κ2) is 6.33. The van der Waals surface area contributed by atoms with Crippen molar-refractivity contribution >= 4 is 27.5 Å². The summed E-state index contributed by atoms with van der Waals surface area (Å²) in [5.41, 5.74) is -0.507. The number of ether oxygens (including phenoxy) is 1. The van der Waals surface area contributed by atoms with E-state index in [0.29, 0.717) is 0 Å². The standard InChI is InChI=1S/C12H21BrN2O3/c1-11(2,7-16)8(14)6-9(18-5)15-10(17)12(3,4)13/h6,14,16H,7H2,1-5H3,(H,15,17)/b9-6-,14-8?. The lowest BCUT2D eigenvalue weighted by Gasteiger charge is -2.22. The molecule has 0 aromatic heterocycles. The molecule has 0 bridgehead atoms. The molecule has 1 amide bonds. The van der Waals surface area contributed by atoms with Crippen LogP contribution in [0.3, 0.4) is 0 Å². The quantitative estimate of drug-likeness (QED) is 0.396. The molecular formula is C12H21BrN2O3. The van der Waals surface area contributed by atoms with Crippen molar-refractivity contribution in [3.8, 4) is 0 Å². The molecule has 0 rings (SSSR count). The van der Waals surface area contributed by atoms with E-state index in [9.17, 15) is 4.79 Å². The van der Waals surface area contributed by atoms with Crippen molar-refractivity contribution in [1.29, 1.82) is 5.41 Å². The first-order chi connectivity index (χ1) is 8.04. The van der Waals surface area contributed by atoms with E-state index in [2.05, 4.69) is 21.2 Å². The van der Waals surface area contributed by atoms with Gasteiger partial charge in [0.1, 0.15) is 0 Å². The molecule has 0 saturated carbocycles. The van der Waals surface area contributed by atoms with Gasteiger partial charge in [-0.2, -0.15) is 0 Å². The third kappa shape index (κ3) is 5.18. The molecule has 0 atom stereocenters. The first-order valence-electron chi connectivity index (χ1n) is 5.50. The molecule has 0 aliphatic carbocycles. The van der Waals surface area contributed by atoms with Crippen LogP contribution in [0.15, 0.2) is 12.0 Å². The fourth-order valence-electron chi connectivity index (χ4n) is 0.818. The maximum atomic E-state index is 11.7. The highest BCUT2D eigenvalue weighted by Crippen LogP contribution is 2.18. The monoisotopic (exact) mass is 320 g/mol. The molecule has 0 spiro atoms. The van der Waals surface area contributed by atoms with Gasteiger partial charge in [0.15, 0.2) is 5.88 Å². The molecule has 0 fully saturated rings. The van der Waals surface area contributed by atoms with Crippen LogP contribution in [-0.2, 0) is 9.53 Å². The molecule has 0 aromatic carbocycles. The van der Waals surface area contributed by atoms with E-state index in [1.54, 1.807) is 27.7 Å². The van der Waals surface area contributed by atoms with Crippen molar-refractivity contribution in [2.24, 2.45) is 5.41 Å². The fraction of sp³-hybridized carbons (Fsp3) is 0.667. The Bertz CT molecular complexity index is 357. The first kappa shape index (κ1) is 17.1. The van der Waals surface area contributed by atoms with Gasteiger partial charge < -0.3 is 15.3 Å². The van der Waals surface area contributed by atoms with Crippen LogP contribution in [0.4, 0.5) is 0 Å². The lowest BCUT2D eigenvalue weighted by molar-refractivity contribution is -0.122. The molecule has 0 radical (unpaired) electrons. The topological polar surface area (TPSA) is 82.4 Å². The number of aliphatic hydroxyl groups excluding tert-OH is 1. The Morgan fingerprint density at radius 3 is 2.28 bits per heavy atom. The van der Waals surface area contributed by atoms with Gasteiger partial charge in [-0.1, -0.05) is 29.8 Å². The normalized spacial score (nSPS) is 13.2. The van der Waals surface area contributed by atoms with Crippen molar-refractivity contribution < 1.29 is 14.6 Å². The van der Waals surface area contributed by atoms with E-state index in [1.165, 1.54) is 13.2 Å². The lowest BCUT2D eigenvalue weighted by atomic mass is 9.88. The molecule has 0 aromatic rings. The van der Waals surface area contributed by atoms with E-state index in [0.717, 1.165) is 0 Å². The summed E-state index contributed by atoms with van der Waals surface area (Å²) in [5, 5.41) is 19.6. The predicted molar refractivity (Wildman–Crippen MR) is 74.8 cm³/mol. The summed E-state index contributed by atoms with van der Waals surface area (Å²) in [6, 6.07) is 0. The minimum Gasteiger partial charge on any atom is -0.482 e. The first-order valence-corrected chi connectivity index (χ1v) is 6.30. The van der Waals surface area contributed by atoms with E-state index >= 15 is 0 Å². The second-order valence-electron chi connectivity index (χ2n) is 5.09. The van der Waals surface area contributed by atoms with Crippen LogP contribution in [0.1, 0.15) is 27.7 Å². The van der Waals surface area contributed by atoms with Crippen molar-refractivity contribution in [2.45, 2.75) is 32.0 Å². The van der Waals surface area contributed by atoms with Crippen LogP contribution >= 0.6 is 15.9 Å². The van der Waals surface area contributed by atoms with Crippen LogP contribution in [0.5, 0.6) is 0 Å². The van der Waals surface area contributed by atoms with Crippen LogP contribution in [-0.4, -0.2) is 34.8 Å². The second-order valence-corrected chi connectivity index (χ2v) is 7.08. The molecular weight excluding hydrogens is 300 g/mol. The summed E-state index contributed by atoms with van der Waals surface area (Å²) in [6.07, 6.45) is 1.40. The maximum absolute atomic E-state index is 11.7. The smallest absolute Gasteiger partial charge is 0.242 e.